The first-order valence-electron chi connectivity index (χ1n) is 6.43. The van der Waals surface area contributed by atoms with Gasteiger partial charge >= 0.3 is 0 Å². The molecule has 0 aliphatic heterocycles. The number of hydrogen-bond acceptors (Lipinski definition) is 4. The number of aliphatic hydroxyl groups is 1. The summed E-state index contributed by atoms with van der Waals surface area (Å²) in [6.07, 6.45) is 0.313. The molecule has 108 valence electrons. The zero-order valence-electron chi connectivity index (χ0n) is 11.3. The third-order valence-corrected chi connectivity index (χ3v) is 2.61. The molecule has 4 nitrogen and oxygen atoms in total. The van der Waals surface area contributed by atoms with E-state index in [0.717, 1.165) is 13.0 Å². The molecule has 1 atom stereocenters. The normalized spacial score (nSPS) is 12.6. The summed E-state index contributed by atoms with van der Waals surface area (Å²) in [6.45, 7) is 2.31. The zero-order chi connectivity index (χ0) is 13.9. The van der Waals surface area contributed by atoms with Crippen LogP contribution in [0.2, 0.25) is 0 Å². The fraction of sp³-hybridized carbons (Fsp3) is 0.571. The van der Waals surface area contributed by atoms with Gasteiger partial charge in [0.1, 0.15) is 5.82 Å². The van der Waals surface area contributed by atoms with Crippen LogP contribution in [0.4, 0.5) is 4.39 Å². The predicted octanol–water partition coefficient (Wildman–Crippen LogP) is 1.33. The predicted molar refractivity (Wildman–Crippen MR) is 71.4 cm³/mol. The first kappa shape index (κ1) is 16.0. The van der Waals surface area contributed by atoms with Crippen LogP contribution in [0.5, 0.6) is 0 Å². The van der Waals surface area contributed by atoms with E-state index in [0.29, 0.717) is 18.7 Å². The van der Waals surface area contributed by atoms with Gasteiger partial charge in [0, 0.05) is 25.8 Å². The molecule has 0 aromatic heterocycles. The highest BCUT2D eigenvalue weighted by molar-refractivity contribution is 5.16. The lowest BCUT2D eigenvalue weighted by Crippen LogP contribution is -2.31. The summed E-state index contributed by atoms with van der Waals surface area (Å²) in [4.78, 5) is 0. The molecule has 0 fully saturated rings. The van der Waals surface area contributed by atoms with Gasteiger partial charge in [0.15, 0.2) is 0 Å². The van der Waals surface area contributed by atoms with E-state index in [1.807, 2.05) is 0 Å². The Morgan fingerprint density at radius 3 is 2.89 bits per heavy atom. The van der Waals surface area contributed by atoms with Crippen LogP contribution in [0.1, 0.15) is 12.0 Å². The first-order valence-corrected chi connectivity index (χ1v) is 6.43. The van der Waals surface area contributed by atoms with E-state index in [2.05, 4.69) is 5.32 Å². The number of nitrogens with one attached hydrogen (secondary N) is 1. The second kappa shape index (κ2) is 9.86. The van der Waals surface area contributed by atoms with Crippen LogP contribution < -0.4 is 5.32 Å². The lowest BCUT2D eigenvalue weighted by atomic mass is 10.2. The Labute approximate surface area is 113 Å². The second-order valence-corrected chi connectivity index (χ2v) is 4.31. The maximum atomic E-state index is 13.3. The average Bonchev–Trinajstić information content (AvgIpc) is 2.41. The van der Waals surface area contributed by atoms with Crippen molar-refractivity contribution in [2.24, 2.45) is 0 Å². The largest absolute Gasteiger partial charge is 0.389 e. The van der Waals surface area contributed by atoms with Crippen LogP contribution in [0, 0.1) is 5.82 Å². The summed E-state index contributed by atoms with van der Waals surface area (Å²) in [5.41, 5.74) is 0.503. The van der Waals surface area contributed by atoms with E-state index in [9.17, 15) is 9.50 Å². The van der Waals surface area contributed by atoms with Crippen LogP contribution in [-0.2, 0) is 16.1 Å². The van der Waals surface area contributed by atoms with Crippen molar-refractivity contribution in [3.05, 3.63) is 35.6 Å². The highest BCUT2D eigenvalue weighted by atomic mass is 19.1. The molecule has 2 N–H and O–H groups in total. The third-order valence-electron chi connectivity index (χ3n) is 2.61. The molecule has 19 heavy (non-hydrogen) atoms. The van der Waals surface area contributed by atoms with Gasteiger partial charge in [-0.15, -0.1) is 0 Å². The molecule has 5 heteroatoms. The van der Waals surface area contributed by atoms with E-state index >= 15 is 0 Å². The Hall–Kier alpha value is -1.01. The minimum atomic E-state index is -0.589. The van der Waals surface area contributed by atoms with Gasteiger partial charge in [0.25, 0.3) is 0 Å². The number of methoxy groups -OCH3 is 1. The van der Waals surface area contributed by atoms with Crippen molar-refractivity contribution in [2.45, 2.75) is 19.1 Å². The molecular weight excluding hydrogens is 249 g/mol. The summed E-state index contributed by atoms with van der Waals surface area (Å²) in [5, 5.41) is 12.7. The van der Waals surface area contributed by atoms with Crippen molar-refractivity contribution in [2.75, 3.05) is 33.4 Å². The minimum absolute atomic E-state index is 0.174. The molecule has 0 bridgehead atoms. The van der Waals surface area contributed by atoms with Crippen LogP contribution in [-0.4, -0.2) is 44.6 Å². The van der Waals surface area contributed by atoms with Crippen LogP contribution in [0.25, 0.3) is 0 Å². The lowest BCUT2D eigenvalue weighted by Gasteiger charge is -2.12. The maximum absolute atomic E-state index is 13.3. The first-order chi connectivity index (χ1) is 9.24. The standard InChI is InChI=1S/C14H22FNO3/c1-18-8-4-7-16-9-13(17)11-19-10-12-5-2-3-6-14(12)15/h2-3,5-6,13,16-17H,4,7-11H2,1H3. The van der Waals surface area contributed by atoms with Crippen molar-refractivity contribution in [1.82, 2.24) is 5.32 Å². The van der Waals surface area contributed by atoms with Crippen LogP contribution >= 0.6 is 0 Å². The molecule has 0 radical (unpaired) electrons. The summed E-state index contributed by atoms with van der Waals surface area (Å²) < 4.78 is 23.5. The highest BCUT2D eigenvalue weighted by Gasteiger charge is 2.05. The number of benzene rings is 1. The van der Waals surface area contributed by atoms with E-state index in [4.69, 9.17) is 9.47 Å². The molecule has 0 aliphatic rings. The molecular formula is C14H22FNO3. The molecule has 1 aromatic carbocycles. The monoisotopic (exact) mass is 271 g/mol. The van der Waals surface area contributed by atoms with Gasteiger partial charge in [-0.1, -0.05) is 18.2 Å². The topological polar surface area (TPSA) is 50.7 Å². The SMILES string of the molecule is COCCCNCC(O)COCc1ccccc1F. The van der Waals surface area contributed by atoms with Crippen molar-refractivity contribution in [3.8, 4) is 0 Å². The van der Waals surface area contributed by atoms with Gasteiger partial charge in [-0.05, 0) is 19.0 Å². The summed E-state index contributed by atoms with van der Waals surface area (Å²) in [6, 6.07) is 6.46. The Bertz CT molecular complexity index is 349. The molecule has 0 saturated heterocycles. The van der Waals surface area contributed by atoms with Gasteiger partial charge < -0.3 is 19.9 Å². The van der Waals surface area contributed by atoms with Gasteiger partial charge in [-0.3, -0.25) is 0 Å². The number of rotatable bonds is 10. The molecule has 1 rings (SSSR count). The molecule has 0 saturated carbocycles. The van der Waals surface area contributed by atoms with Gasteiger partial charge in [0.2, 0.25) is 0 Å². The second-order valence-electron chi connectivity index (χ2n) is 4.31. The summed E-state index contributed by atoms with van der Waals surface area (Å²) >= 11 is 0. The number of halogens is 1. The maximum Gasteiger partial charge on any atom is 0.128 e. The van der Waals surface area contributed by atoms with Crippen molar-refractivity contribution < 1.29 is 19.0 Å². The van der Waals surface area contributed by atoms with Crippen molar-refractivity contribution in [3.63, 3.8) is 0 Å². The Morgan fingerprint density at radius 1 is 1.37 bits per heavy atom. The van der Waals surface area contributed by atoms with Gasteiger partial charge in [-0.2, -0.15) is 0 Å². The Morgan fingerprint density at radius 2 is 2.16 bits per heavy atom. The minimum Gasteiger partial charge on any atom is -0.389 e. The van der Waals surface area contributed by atoms with Gasteiger partial charge in [-0.25, -0.2) is 4.39 Å². The number of ether oxygens (including phenoxy) is 2. The van der Waals surface area contributed by atoms with E-state index in [1.54, 1.807) is 25.3 Å². The molecule has 0 amide bonds. The smallest absolute Gasteiger partial charge is 0.128 e. The Kier molecular flexibility index (Phi) is 8.33. The number of aliphatic hydroxyl groups excluding tert-OH is 1. The molecule has 0 aliphatic carbocycles. The molecule has 1 aromatic rings. The third kappa shape index (κ3) is 7.22. The summed E-state index contributed by atoms with van der Waals surface area (Å²) in [7, 11) is 1.66. The Balaban J connectivity index is 2.07. The van der Waals surface area contributed by atoms with E-state index in [1.165, 1.54) is 6.07 Å². The molecule has 1 unspecified atom stereocenters. The van der Waals surface area contributed by atoms with Crippen LogP contribution in [0.3, 0.4) is 0 Å². The zero-order valence-corrected chi connectivity index (χ0v) is 11.3. The van der Waals surface area contributed by atoms with Crippen LogP contribution in [0.15, 0.2) is 24.3 Å². The van der Waals surface area contributed by atoms with Crippen molar-refractivity contribution >= 4 is 0 Å². The molecule has 0 spiro atoms. The lowest BCUT2D eigenvalue weighted by molar-refractivity contribution is 0.0277. The highest BCUT2D eigenvalue weighted by Crippen LogP contribution is 2.07. The molecule has 0 heterocycles. The summed E-state index contributed by atoms with van der Waals surface area (Å²) in [5.74, 6) is -0.283. The van der Waals surface area contributed by atoms with Gasteiger partial charge in [0.05, 0.1) is 19.3 Å². The number of hydrogen-bond donors (Lipinski definition) is 2. The van der Waals surface area contributed by atoms with E-state index < -0.39 is 6.10 Å². The quantitative estimate of drug-likeness (QED) is 0.630. The fourth-order valence-corrected chi connectivity index (χ4v) is 1.59. The van der Waals surface area contributed by atoms with E-state index in [-0.39, 0.29) is 19.0 Å². The average molecular weight is 271 g/mol. The van der Waals surface area contributed by atoms with Crippen molar-refractivity contribution in [1.29, 1.82) is 0 Å². The fourth-order valence-electron chi connectivity index (χ4n) is 1.59.